The molecule has 0 bridgehead atoms. The number of nitro groups is 1. The Bertz CT molecular complexity index is 1260. The minimum atomic E-state index is -4.25. The van der Waals surface area contributed by atoms with E-state index in [1.165, 1.54) is 19.2 Å². The number of hydrogen-bond acceptors (Lipinski definition) is 6. The van der Waals surface area contributed by atoms with Gasteiger partial charge in [0.25, 0.3) is 5.69 Å². The van der Waals surface area contributed by atoms with Crippen LogP contribution in [0.1, 0.15) is 0 Å². The molecule has 1 aromatic heterocycles. The highest BCUT2D eigenvalue weighted by atomic mass is 32.2. The smallest absolute Gasteiger partial charge is 0.316 e. The highest BCUT2D eigenvalue weighted by Crippen LogP contribution is 2.35. The van der Waals surface area contributed by atoms with Crippen molar-refractivity contribution in [1.29, 1.82) is 0 Å². The van der Waals surface area contributed by atoms with Gasteiger partial charge in [-0.15, -0.1) is 0 Å². The van der Waals surface area contributed by atoms with Crippen molar-refractivity contribution in [3.8, 4) is 0 Å². The predicted octanol–water partition coefficient (Wildman–Crippen LogP) is -0.0644. The van der Waals surface area contributed by atoms with E-state index >= 15 is 0 Å². The molecule has 3 aromatic rings. The molecule has 3 N–H and O–H groups in total. The van der Waals surface area contributed by atoms with Crippen LogP contribution in [0.25, 0.3) is 21.8 Å². The molecule has 0 amide bonds. The molecule has 0 atom stereocenters. The molecule has 0 unspecified atom stereocenters. The number of aryl methyl sites for hydroxylation is 1. The number of nitro benzene ring substituents is 1. The fraction of sp³-hybridized carbons (Fsp3) is 0.0769. The van der Waals surface area contributed by atoms with Crippen LogP contribution in [0.5, 0.6) is 0 Å². The second kappa shape index (κ2) is 4.97. The molecule has 0 spiro atoms. The van der Waals surface area contributed by atoms with E-state index in [0.29, 0.717) is 0 Å². The van der Waals surface area contributed by atoms with E-state index in [1.807, 2.05) is 0 Å². The molecule has 24 heavy (non-hydrogen) atoms. The summed E-state index contributed by atoms with van der Waals surface area (Å²) in [6.07, 6.45) is 0. The normalized spacial score (nSPS) is 11.9. The molecular formula is C13H10N4O6S. The number of primary sulfonamides is 1. The van der Waals surface area contributed by atoms with Gasteiger partial charge in [0.1, 0.15) is 0 Å². The number of aromatic amines is 1. The highest BCUT2D eigenvalue weighted by Gasteiger charge is 2.24. The number of nitrogens with one attached hydrogen (secondary N) is 1. The number of nitrogens with two attached hydrogens (primary N) is 1. The molecule has 0 saturated heterocycles. The molecule has 3 rings (SSSR count). The summed E-state index contributed by atoms with van der Waals surface area (Å²) in [5, 5.41) is 16.4. The maximum Gasteiger partial charge on any atom is 0.316 e. The SMILES string of the molecule is Cn1c(=O)c(=O)[nH]c2cc([N+](=O)[O-])c3c(S(N)(=O)=O)cccc3c21. The van der Waals surface area contributed by atoms with Gasteiger partial charge in [-0.3, -0.25) is 19.7 Å². The number of hydrogen-bond donors (Lipinski definition) is 2. The van der Waals surface area contributed by atoms with Crippen molar-refractivity contribution in [2.75, 3.05) is 0 Å². The summed E-state index contributed by atoms with van der Waals surface area (Å²) in [6, 6.07) is 4.91. The Labute approximate surface area is 133 Å². The molecule has 2 aromatic carbocycles. The fourth-order valence-electron chi connectivity index (χ4n) is 2.68. The van der Waals surface area contributed by atoms with Crippen molar-refractivity contribution in [3.05, 3.63) is 55.1 Å². The van der Waals surface area contributed by atoms with Gasteiger partial charge in [-0.2, -0.15) is 0 Å². The summed E-state index contributed by atoms with van der Waals surface area (Å²) in [6.45, 7) is 0. The maximum absolute atomic E-state index is 11.9. The lowest BCUT2D eigenvalue weighted by atomic mass is 10.1. The zero-order valence-corrected chi connectivity index (χ0v) is 13.0. The standard InChI is InChI=1S/C13H10N4O6S/c1-16-11-6-3-2-4-9(24(14,22)23)10(6)8(17(20)21)5-7(11)15-12(18)13(16)19/h2-5H,1H3,(H,15,18)(H2,14,22,23). The molecule has 0 aliphatic heterocycles. The molecule has 10 nitrogen and oxygen atoms in total. The lowest BCUT2D eigenvalue weighted by Crippen LogP contribution is -2.34. The first-order valence-electron chi connectivity index (χ1n) is 6.49. The van der Waals surface area contributed by atoms with Crippen LogP contribution in [0.2, 0.25) is 0 Å². The first-order valence-corrected chi connectivity index (χ1v) is 8.03. The largest absolute Gasteiger partial charge is 0.316 e. The van der Waals surface area contributed by atoms with Gasteiger partial charge < -0.3 is 9.55 Å². The van der Waals surface area contributed by atoms with Gasteiger partial charge in [0, 0.05) is 18.5 Å². The molecular weight excluding hydrogens is 340 g/mol. The van der Waals surface area contributed by atoms with Gasteiger partial charge in [-0.1, -0.05) is 12.1 Å². The maximum atomic E-state index is 11.9. The van der Waals surface area contributed by atoms with Crippen LogP contribution in [0.15, 0.2) is 38.8 Å². The third kappa shape index (κ3) is 2.18. The van der Waals surface area contributed by atoms with Gasteiger partial charge in [-0.25, -0.2) is 13.6 Å². The Morgan fingerprint density at radius 2 is 1.96 bits per heavy atom. The second-order valence-corrected chi connectivity index (χ2v) is 6.62. The van der Waals surface area contributed by atoms with E-state index in [0.717, 1.165) is 16.7 Å². The number of benzene rings is 2. The van der Waals surface area contributed by atoms with Crippen molar-refractivity contribution in [2.24, 2.45) is 12.2 Å². The van der Waals surface area contributed by atoms with E-state index in [2.05, 4.69) is 4.98 Å². The number of nitrogens with zero attached hydrogens (tertiary/aromatic N) is 2. The average molecular weight is 350 g/mol. The molecule has 0 aliphatic rings. The number of H-pyrrole nitrogens is 1. The topological polar surface area (TPSA) is 158 Å². The van der Waals surface area contributed by atoms with Gasteiger partial charge in [0.05, 0.1) is 26.2 Å². The van der Waals surface area contributed by atoms with E-state index in [4.69, 9.17) is 5.14 Å². The van der Waals surface area contributed by atoms with Gasteiger partial charge >= 0.3 is 11.1 Å². The van der Waals surface area contributed by atoms with Gasteiger partial charge in [0.2, 0.25) is 10.0 Å². The van der Waals surface area contributed by atoms with Crippen molar-refractivity contribution in [3.63, 3.8) is 0 Å². The minimum absolute atomic E-state index is 0.0351. The lowest BCUT2D eigenvalue weighted by Gasteiger charge is -2.11. The zero-order valence-electron chi connectivity index (χ0n) is 12.1. The number of fused-ring (bicyclic) bond motifs is 3. The fourth-order valence-corrected chi connectivity index (χ4v) is 3.45. The Morgan fingerprint density at radius 3 is 2.54 bits per heavy atom. The first-order chi connectivity index (χ1) is 11.1. The summed E-state index contributed by atoms with van der Waals surface area (Å²) < 4.78 is 24.6. The summed E-state index contributed by atoms with van der Waals surface area (Å²) in [5.41, 5.74) is -2.17. The monoisotopic (exact) mass is 350 g/mol. The van der Waals surface area contributed by atoms with Crippen molar-refractivity contribution in [2.45, 2.75) is 4.90 Å². The van der Waals surface area contributed by atoms with Crippen LogP contribution in [-0.2, 0) is 17.1 Å². The van der Waals surface area contributed by atoms with Crippen LogP contribution < -0.4 is 16.3 Å². The Morgan fingerprint density at radius 1 is 1.29 bits per heavy atom. The number of rotatable bonds is 2. The quantitative estimate of drug-likeness (QED) is 0.285. The lowest BCUT2D eigenvalue weighted by molar-refractivity contribution is -0.383. The zero-order chi connectivity index (χ0) is 17.8. The average Bonchev–Trinajstić information content (AvgIpc) is 2.49. The van der Waals surface area contributed by atoms with Crippen LogP contribution in [0.3, 0.4) is 0 Å². The third-order valence-corrected chi connectivity index (χ3v) is 4.61. The van der Waals surface area contributed by atoms with Crippen molar-refractivity contribution >= 4 is 37.5 Å². The molecule has 0 fully saturated rings. The Kier molecular flexibility index (Phi) is 3.28. The molecule has 0 aliphatic carbocycles. The van der Waals surface area contributed by atoms with Crippen molar-refractivity contribution in [1.82, 2.24) is 9.55 Å². The van der Waals surface area contributed by atoms with Gasteiger partial charge in [-0.05, 0) is 6.07 Å². The van der Waals surface area contributed by atoms with Crippen LogP contribution in [0.4, 0.5) is 5.69 Å². The Hall–Kier alpha value is -3.05. The molecule has 124 valence electrons. The van der Waals surface area contributed by atoms with Gasteiger partial charge in [0.15, 0.2) is 0 Å². The summed E-state index contributed by atoms with van der Waals surface area (Å²) in [7, 11) is -2.93. The second-order valence-electron chi connectivity index (χ2n) is 5.09. The van der Waals surface area contributed by atoms with E-state index in [1.54, 1.807) is 0 Å². The molecule has 0 radical (unpaired) electrons. The van der Waals surface area contributed by atoms with Crippen LogP contribution >= 0.6 is 0 Å². The Balaban J connectivity index is 2.78. The number of aromatic nitrogens is 2. The number of non-ortho nitro benzene ring substituents is 1. The molecule has 11 heteroatoms. The minimum Gasteiger partial charge on any atom is -0.316 e. The van der Waals surface area contributed by atoms with E-state index < -0.39 is 36.6 Å². The summed E-state index contributed by atoms with van der Waals surface area (Å²) >= 11 is 0. The molecule has 1 heterocycles. The first kappa shape index (κ1) is 15.8. The highest BCUT2D eigenvalue weighted by molar-refractivity contribution is 7.89. The van der Waals surface area contributed by atoms with Crippen molar-refractivity contribution < 1.29 is 13.3 Å². The van der Waals surface area contributed by atoms with Crippen LogP contribution in [-0.4, -0.2) is 22.9 Å². The van der Waals surface area contributed by atoms with Crippen LogP contribution in [0, 0.1) is 10.1 Å². The summed E-state index contributed by atoms with van der Waals surface area (Å²) in [5.74, 6) is 0. The summed E-state index contributed by atoms with van der Waals surface area (Å²) in [4.78, 5) is 35.9. The van der Waals surface area contributed by atoms with E-state index in [-0.39, 0.29) is 21.8 Å². The third-order valence-electron chi connectivity index (χ3n) is 3.66. The number of sulfonamides is 1. The molecule has 0 saturated carbocycles. The van der Waals surface area contributed by atoms with E-state index in [9.17, 15) is 28.1 Å². The predicted molar refractivity (Wildman–Crippen MR) is 85.3 cm³/mol.